The van der Waals surface area contributed by atoms with Crippen LogP contribution in [0.25, 0.3) is 6.08 Å². The number of hydrogen-bond donors (Lipinski definition) is 3. The lowest BCUT2D eigenvalue weighted by molar-refractivity contribution is 0.255. The number of nitrogens with zero attached hydrogens (tertiary/aromatic N) is 2. The molecule has 0 spiro atoms. The molecular weight excluding hydrogens is 298 g/mol. The normalized spacial score (nSPS) is 10.5. The van der Waals surface area contributed by atoms with Crippen molar-refractivity contribution in [2.45, 2.75) is 0 Å². The summed E-state index contributed by atoms with van der Waals surface area (Å²) in [5.41, 5.74) is 0.970. The van der Waals surface area contributed by atoms with Crippen LogP contribution in [0.3, 0.4) is 0 Å². The molecule has 2 rings (SSSR count). The molecule has 18 heavy (non-hydrogen) atoms. The van der Waals surface area contributed by atoms with Crippen molar-refractivity contribution in [3.63, 3.8) is 0 Å². The first-order valence-electron chi connectivity index (χ1n) is 5.09. The van der Waals surface area contributed by atoms with Gasteiger partial charge in [-0.2, -0.15) is 10.1 Å². The van der Waals surface area contributed by atoms with Gasteiger partial charge in [-0.3, -0.25) is 5.32 Å². The van der Waals surface area contributed by atoms with Crippen LogP contribution in [-0.2, 0) is 0 Å². The quantitative estimate of drug-likeness (QED) is 0.814. The zero-order chi connectivity index (χ0) is 12.8. The summed E-state index contributed by atoms with van der Waals surface area (Å²) in [7, 11) is 0. The second-order valence-electron chi connectivity index (χ2n) is 3.29. The Morgan fingerprint density at radius 3 is 2.94 bits per heavy atom. The van der Waals surface area contributed by atoms with Crippen molar-refractivity contribution in [2.24, 2.45) is 0 Å². The molecular formula is C11H10BrN5O. The molecule has 0 radical (unpaired) electrons. The highest BCUT2D eigenvalue weighted by Crippen LogP contribution is 2.16. The predicted molar refractivity (Wildman–Crippen MR) is 71.7 cm³/mol. The van der Waals surface area contributed by atoms with E-state index in [1.54, 1.807) is 12.3 Å². The molecule has 0 aliphatic carbocycles. The lowest BCUT2D eigenvalue weighted by Gasteiger charge is -2.00. The fourth-order valence-corrected chi connectivity index (χ4v) is 1.64. The number of anilines is 1. The van der Waals surface area contributed by atoms with Crippen molar-refractivity contribution >= 4 is 34.0 Å². The smallest absolute Gasteiger partial charge is 0.314 e. The Morgan fingerprint density at radius 2 is 2.22 bits per heavy atom. The minimum atomic E-state index is -0.393. The fourth-order valence-electron chi connectivity index (χ4n) is 1.23. The summed E-state index contributed by atoms with van der Waals surface area (Å²) in [5.74, 6) is 0.293. The Morgan fingerprint density at radius 1 is 1.39 bits per heavy atom. The number of nitrogens with one attached hydrogen (secondary N) is 3. The molecule has 6 nitrogen and oxygen atoms in total. The van der Waals surface area contributed by atoms with Gasteiger partial charge in [0.05, 0.1) is 0 Å². The Bertz CT molecular complexity index is 552. The average Bonchev–Trinajstić information content (AvgIpc) is 2.84. The molecule has 1 aromatic carbocycles. The monoisotopic (exact) mass is 307 g/mol. The summed E-state index contributed by atoms with van der Waals surface area (Å²) in [6, 6.07) is 7.30. The molecule has 0 aliphatic rings. The maximum atomic E-state index is 11.4. The van der Waals surface area contributed by atoms with Gasteiger partial charge in [-0.25, -0.2) is 9.89 Å². The largest absolute Gasteiger partial charge is 0.325 e. The third kappa shape index (κ3) is 3.42. The SMILES string of the molecule is O=C(N/C=C/c1ccccc1Br)Nc1ncn[nH]1. The first-order chi connectivity index (χ1) is 8.75. The van der Waals surface area contributed by atoms with Crippen LogP contribution in [-0.4, -0.2) is 21.2 Å². The summed E-state index contributed by atoms with van der Waals surface area (Å²) >= 11 is 3.41. The summed E-state index contributed by atoms with van der Waals surface area (Å²) in [5, 5.41) is 11.2. The van der Waals surface area contributed by atoms with Gasteiger partial charge in [0.1, 0.15) is 6.33 Å². The number of urea groups is 1. The molecule has 1 aromatic heterocycles. The fraction of sp³-hybridized carbons (Fsp3) is 0. The number of hydrogen-bond acceptors (Lipinski definition) is 3. The number of aromatic nitrogens is 3. The molecule has 0 bridgehead atoms. The van der Waals surface area contributed by atoms with Crippen LogP contribution in [0.5, 0.6) is 0 Å². The van der Waals surface area contributed by atoms with E-state index in [9.17, 15) is 4.79 Å². The highest BCUT2D eigenvalue weighted by Gasteiger charge is 2.00. The van der Waals surface area contributed by atoms with E-state index in [0.717, 1.165) is 10.0 Å². The van der Waals surface area contributed by atoms with E-state index in [1.807, 2.05) is 24.3 Å². The predicted octanol–water partition coefficient (Wildman–Crippen LogP) is 2.36. The van der Waals surface area contributed by atoms with Gasteiger partial charge in [0.15, 0.2) is 0 Å². The van der Waals surface area contributed by atoms with Crippen molar-refractivity contribution in [3.05, 3.63) is 46.8 Å². The van der Waals surface area contributed by atoms with Gasteiger partial charge in [0.25, 0.3) is 0 Å². The molecule has 0 saturated heterocycles. The molecule has 2 aromatic rings. The minimum absolute atomic E-state index is 0.293. The summed E-state index contributed by atoms with van der Waals surface area (Å²) in [4.78, 5) is 15.2. The Kier molecular flexibility index (Phi) is 4.08. The highest BCUT2D eigenvalue weighted by molar-refractivity contribution is 9.10. The van der Waals surface area contributed by atoms with E-state index in [-0.39, 0.29) is 0 Å². The number of rotatable bonds is 3. The zero-order valence-electron chi connectivity index (χ0n) is 9.22. The second kappa shape index (κ2) is 5.97. The standard InChI is InChI=1S/C11H10BrN5O/c12-9-4-2-1-3-8(9)5-6-13-11(18)16-10-14-7-15-17-10/h1-7H,(H3,13,14,15,16,17,18)/b6-5+. The molecule has 7 heteroatoms. The van der Waals surface area contributed by atoms with Gasteiger partial charge in [0, 0.05) is 10.7 Å². The first kappa shape index (κ1) is 12.3. The van der Waals surface area contributed by atoms with Crippen LogP contribution in [0.15, 0.2) is 41.3 Å². The minimum Gasteiger partial charge on any atom is -0.314 e. The van der Waals surface area contributed by atoms with Gasteiger partial charge in [0.2, 0.25) is 5.95 Å². The van der Waals surface area contributed by atoms with Crippen molar-refractivity contribution in [1.29, 1.82) is 0 Å². The van der Waals surface area contributed by atoms with E-state index < -0.39 is 6.03 Å². The van der Waals surface area contributed by atoms with E-state index in [4.69, 9.17) is 0 Å². The molecule has 0 fully saturated rings. The third-order valence-electron chi connectivity index (χ3n) is 2.03. The molecule has 3 N–H and O–H groups in total. The van der Waals surface area contributed by atoms with Gasteiger partial charge in [-0.15, -0.1) is 0 Å². The maximum absolute atomic E-state index is 11.4. The Labute approximate surface area is 112 Å². The number of benzene rings is 1. The second-order valence-corrected chi connectivity index (χ2v) is 4.14. The van der Waals surface area contributed by atoms with Crippen LogP contribution >= 0.6 is 15.9 Å². The number of halogens is 1. The summed E-state index contributed by atoms with van der Waals surface area (Å²) < 4.78 is 0.957. The average molecular weight is 308 g/mol. The van der Waals surface area contributed by atoms with Gasteiger partial charge < -0.3 is 5.32 Å². The molecule has 2 amide bonds. The topological polar surface area (TPSA) is 82.7 Å². The molecule has 0 atom stereocenters. The number of carbonyl (C=O) groups is 1. The van der Waals surface area contributed by atoms with Crippen LogP contribution in [0, 0.1) is 0 Å². The molecule has 0 aliphatic heterocycles. The van der Waals surface area contributed by atoms with E-state index in [1.165, 1.54) is 6.33 Å². The molecule has 0 saturated carbocycles. The number of amides is 2. The number of aromatic amines is 1. The van der Waals surface area contributed by atoms with E-state index >= 15 is 0 Å². The van der Waals surface area contributed by atoms with Crippen molar-refractivity contribution in [2.75, 3.05) is 5.32 Å². The zero-order valence-corrected chi connectivity index (χ0v) is 10.8. The number of H-pyrrole nitrogens is 1. The van der Waals surface area contributed by atoms with Crippen molar-refractivity contribution in [1.82, 2.24) is 20.5 Å². The van der Waals surface area contributed by atoms with Gasteiger partial charge in [-0.1, -0.05) is 34.1 Å². The lowest BCUT2D eigenvalue weighted by Crippen LogP contribution is -2.24. The van der Waals surface area contributed by atoms with E-state index in [0.29, 0.717) is 5.95 Å². The van der Waals surface area contributed by atoms with Crippen LogP contribution in [0.4, 0.5) is 10.7 Å². The lowest BCUT2D eigenvalue weighted by atomic mass is 10.2. The third-order valence-corrected chi connectivity index (χ3v) is 2.75. The van der Waals surface area contributed by atoms with Gasteiger partial charge in [-0.05, 0) is 17.7 Å². The first-order valence-corrected chi connectivity index (χ1v) is 5.89. The molecule has 0 unspecified atom stereocenters. The summed E-state index contributed by atoms with van der Waals surface area (Å²) in [6.45, 7) is 0. The number of carbonyl (C=O) groups excluding carboxylic acids is 1. The van der Waals surface area contributed by atoms with Gasteiger partial charge >= 0.3 is 6.03 Å². The van der Waals surface area contributed by atoms with Crippen molar-refractivity contribution in [3.8, 4) is 0 Å². The molecule has 92 valence electrons. The Hall–Kier alpha value is -2.15. The maximum Gasteiger partial charge on any atom is 0.325 e. The van der Waals surface area contributed by atoms with Crippen LogP contribution in [0.2, 0.25) is 0 Å². The van der Waals surface area contributed by atoms with E-state index in [2.05, 4.69) is 41.7 Å². The molecule has 1 heterocycles. The van der Waals surface area contributed by atoms with Crippen molar-refractivity contribution < 1.29 is 4.79 Å². The van der Waals surface area contributed by atoms with Crippen LogP contribution < -0.4 is 10.6 Å². The summed E-state index contributed by atoms with van der Waals surface area (Å²) in [6.07, 6.45) is 4.64. The highest BCUT2D eigenvalue weighted by atomic mass is 79.9. The van der Waals surface area contributed by atoms with Crippen LogP contribution in [0.1, 0.15) is 5.56 Å². The Balaban J connectivity index is 1.88.